The van der Waals surface area contributed by atoms with Gasteiger partial charge in [-0.15, -0.1) is 0 Å². The molecule has 2 aliphatic carbocycles. The average Bonchev–Trinajstić information content (AvgIpc) is 2.43. The predicted molar refractivity (Wildman–Crippen MR) is 115 cm³/mol. The van der Waals surface area contributed by atoms with E-state index in [9.17, 15) is 0 Å². The van der Waals surface area contributed by atoms with Crippen LogP contribution in [0.5, 0.6) is 0 Å². The monoisotopic (exact) mass is 382 g/mol. The van der Waals surface area contributed by atoms with E-state index < -0.39 is 0 Å². The molecule has 3 aliphatic rings. The Labute approximate surface area is 165 Å². The molecule has 0 amide bonds. The van der Waals surface area contributed by atoms with Gasteiger partial charge in [-0.3, -0.25) is 4.90 Å². The molecule has 1 saturated heterocycles. The maximum absolute atomic E-state index is 5.81. The first-order valence-electron chi connectivity index (χ1n) is 10.2. The van der Waals surface area contributed by atoms with Crippen molar-refractivity contribution in [2.75, 3.05) is 12.5 Å². The van der Waals surface area contributed by atoms with Gasteiger partial charge < -0.3 is 4.90 Å². The molecule has 144 valence electrons. The first kappa shape index (κ1) is 19.9. The van der Waals surface area contributed by atoms with Gasteiger partial charge in [-0.05, 0) is 61.2 Å². The summed E-state index contributed by atoms with van der Waals surface area (Å²) < 4.78 is 1.15. The standard InChI is InChI=1S/C21H38N2S2/c1-15-7-17(11-20(3,4)9-15)22-13-23(19(24)25-14-22)18-8-16(2)10-21(5,6)12-18/h15-18H,7-14H2,1-6H3/t15-,16-,17-,18+/m0/s1. The lowest BCUT2D eigenvalue weighted by atomic mass is 9.70. The van der Waals surface area contributed by atoms with Gasteiger partial charge in [0.15, 0.2) is 0 Å². The number of thioether (sulfide) groups is 1. The fourth-order valence-corrected chi connectivity index (χ4v) is 7.41. The van der Waals surface area contributed by atoms with Crippen molar-refractivity contribution in [3.05, 3.63) is 0 Å². The van der Waals surface area contributed by atoms with Gasteiger partial charge in [-0.25, -0.2) is 0 Å². The van der Waals surface area contributed by atoms with Crippen molar-refractivity contribution in [2.45, 2.75) is 92.2 Å². The van der Waals surface area contributed by atoms with E-state index in [-0.39, 0.29) is 0 Å². The minimum Gasteiger partial charge on any atom is -0.341 e. The molecule has 0 radical (unpaired) electrons. The van der Waals surface area contributed by atoms with Gasteiger partial charge in [-0.2, -0.15) is 0 Å². The largest absolute Gasteiger partial charge is 0.341 e. The molecule has 4 atom stereocenters. The molecule has 0 aromatic rings. The van der Waals surface area contributed by atoms with Crippen molar-refractivity contribution >= 4 is 28.3 Å². The van der Waals surface area contributed by atoms with Gasteiger partial charge in [0.05, 0.1) is 12.5 Å². The third-order valence-corrected chi connectivity index (χ3v) is 8.14. The van der Waals surface area contributed by atoms with Gasteiger partial charge in [0, 0.05) is 12.1 Å². The van der Waals surface area contributed by atoms with Gasteiger partial charge >= 0.3 is 0 Å². The second-order valence-corrected chi connectivity index (χ2v) is 12.5. The molecular weight excluding hydrogens is 344 g/mol. The van der Waals surface area contributed by atoms with E-state index >= 15 is 0 Å². The molecule has 0 spiro atoms. The molecule has 1 aliphatic heterocycles. The van der Waals surface area contributed by atoms with Crippen LogP contribution in [0.1, 0.15) is 80.1 Å². The van der Waals surface area contributed by atoms with Crippen LogP contribution in [-0.2, 0) is 0 Å². The van der Waals surface area contributed by atoms with Crippen LogP contribution in [0, 0.1) is 22.7 Å². The molecule has 2 nitrogen and oxygen atoms in total. The van der Waals surface area contributed by atoms with E-state index in [1.807, 2.05) is 11.8 Å². The number of hydrogen-bond acceptors (Lipinski definition) is 3. The summed E-state index contributed by atoms with van der Waals surface area (Å²) in [4.78, 5) is 5.33. The summed E-state index contributed by atoms with van der Waals surface area (Å²) in [6.45, 7) is 15.7. The highest BCUT2D eigenvalue weighted by Crippen LogP contribution is 2.44. The van der Waals surface area contributed by atoms with Gasteiger partial charge in [0.2, 0.25) is 0 Å². The summed E-state index contributed by atoms with van der Waals surface area (Å²) in [7, 11) is 0. The van der Waals surface area contributed by atoms with Crippen LogP contribution in [0.3, 0.4) is 0 Å². The third kappa shape index (κ3) is 4.93. The summed E-state index contributed by atoms with van der Waals surface area (Å²) in [6, 6.07) is 1.36. The molecule has 0 aromatic carbocycles. The third-order valence-electron chi connectivity index (χ3n) is 6.61. The van der Waals surface area contributed by atoms with E-state index in [0.717, 1.165) is 34.7 Å². The Balaban J connectivity index is 1.70. The molecule has 2 saturated carbocycles. The second-order valence-electron chi connectivity index (χ2n) is 10.9. The molecular formula is C21H38N2S2. The zero-order valence-corrected chi connectivity index (χ0v) is 18.8. The van der Waals surface area contributed by atoms with Crippen molar-refractivity contribution in [2.24, 2.45) is 22.7 Å². The summed E-state index contributed by atoms with van der Waals surface area (Å²) >= 11 is 7.71. The van der Waals surface area contributed by atoms with E-state index in [4.69, 9.17) is 12.2 Å². The van der Waals surface area contributed by atoms with E-state index in [2.05, 4.69) is 51.3 Å². The Bertz CT molecular complexity index is 502. The molecule has 25 heavy (non-hydrogen) atoms. The molecule has 3 fully saturated rings. The molecule has 0 N–H and O–H groups in total. The lowest BCUT2D eigenvalue weighted by molar-refractivity contribution is 0.0281. The number of hydrogen-bond donors (Lipinski definition) is 0. The molecule has 1 heterocycles. The van der Waals surface area contributed by atoms with Gasteiger partial charge in [0.25, 0.3) is 0 Å². The lowest BCUT2D eigenvalue weighted by Crippen LogP contribution is -2.56. The summed E-state index contributed by atoms with van der Waals surface area (Å²) in [6.07, 6.45) is 8.03. The van der Waals surface area contributed by atoms with Crippen LogP contribution >= 0.6 is 24.0 Å². The van der Waals surface area contributed by atoms with Crippen LogP contribution in [0.2, 0.25) is 0 Å². The van der Waals surface area contributed by atoms with Crippen molar-refractivity contribution in [3.63, 3.8) is 0 Å². The predicted octanol–water partition coefficient (Wildman–Crippen LogP) is 5.97. The smallest absolute Gasteiger partial charge is 0.138 e. The summed E-state index contributed by atoms with van der Waals surface area (Å²) in [5.41, 5.74) is 0.934. The second kappa shape index (κ2) is 7.31. The Hall–Kier alpha value is 0.200. The molecule has 0 unspecified atom stereocenters. The maximum atomic E-state index is 5.81. The first-order chi connectivity index (χ1) is 11.5. The van der Waals surface area contributed by atoms with E-state index in [0.29, 0.717) is 16.9 Å². The van der Waals surface area contributed by atoms with Crippen molar-refractivity contribution in [1.29, 1.82) is 0 Å². The lowest BCUT2D eigenvalue weighted by Gasteiger charge is -2.51. The Morgan fingerprint density at radius 2 is 1.40 bits per heavy atom. The quantitative estimate of drug-likeness (QED) is 0.543. The SMILES string of the molecule is C[C@H]1C[C@H](N2CSC(=S)N([C@@H]3C[C@H](C)CC(C)(C)C3)C2)CC(C)(C)C1. The summed E-state index contributed by atoms with van der Waals surface area (Å²) in [5.74, 6) is 2.74. The highest BCUT2D eigenvalue weighted by molar-refractivity contribution is 8.22. The maximum Gasteiger partial charge on any atom is 0.138 e. The van der Waals surface area contributed by atoms with E-state index in [1.54, 1.807) is 0 Å². The van der Waals surface area contributed by atoms with Crippen LogP contribution in [-0.4, -0.2) is 38.7 Å². The van der Waals surface area contributed by atoms with Crippen LogP contribution in [0.15, 0.2) is 0 Å². The minimum atomic E-state index is 0.451. The Kier molecular flexibility index (Phi) is 5.84. The zero-order chi connectivity index (χ0) is 18.4. The normalized spacial score (nSPS) is 39.4. The van der Waals surface area contributed by atoms with Crippen LogP contribution < -0.4 is 0 Å². The summed E-state index contributed by atoms with van der Waals surface area (Å²) in [5, 5.41) is 0. The Morgan fingerprint density at radius 1 is 0.880 bits per heavy atom. The van der Waals surface area contributed by atoms with Crippen LogP contribution in [0.25, 0.3) is 0 Å². The highest BCUT2D eigenvalue weighted by atomic mass is 32.2. The average molecular weight is 383 g/mol. The van der Waals surface area contributed by atoms with Crippen molar-refractivity contribution in [1.82, 2.24) is 9.80 Å². The number of rotatable bonds is 2. The number of thiocarbonyl (C=S) groups is 1. The van der Waals surface area contributed by atoms with Crippen molar-refractivity contribution < 1.29 is 0 Å². The molecule has 0 aromatic heterocycles. The fourth-order valence-electron chi connectivity index (χ4n) is 6.11. The minimum absolute atomic E-state index is 0.451. The van der Waals surface area contributed by atoms with Crippen molar-refractivity contribution in [3.8, 4) is 0 Å². The first-order valence-corrected chi connectivity index (χ1v) is 11.6. The molecule has 3 rings (SSSR count). The Morgan fingerprint density at radius 3 is 1.96 bits per heavy atom. The number of nitrogens with zero attached hydrogens (tertiary/aromatic N) is 2. The zero-order valence-electron chi connectivity index (χ0n) is 17.2. The molecule has 0 bridgehead atoms. The van der Waals surface area contributed by atoms with Gasteiger partial charge in [0.1, 0.15) is 4.32 Å². The van der Waals surface area contributed by atoms with E-state index in [1.165, 1.54) is 38.5 Å². The fraction of sp³-hybridized carbons (Fsp3) is 0.952. The van der Waals surface area contributed by atoms with Gasteiger partial charge in [-0.1, -0.05) is 65.5 Å². The topological polar surface area (TPSA) is 6.48 Å². The molecule has 4 heteroatoms. The highest BCUT2D eigenvalue weighted by Gasteiger charge is 2.41. The van der Waals surface area contributed by atoms with Crippen LogP contribution in [0.4, 0.5) is 0 Å².